The van der Waals surface area contributed by atoms with E-state index in [0.29, 0.717) is 18.0 Å². The van der Waals surface area contributed by atoms with Gasteiger partial charge in [-0.1, -0.05) is 12.1 Å². The highest BCUT2D eigenvalue weighted by atomic mass is 32.1. The second-order valence-electron chi connectivity index (χ2n) is 4.28. The van der Waals surface area contributed by atoms with Gasteiger partial charge in [-0.2, -0.15) is 4.37 Å². The SMILES string of the molecule is COc1nscc1-c1ccc(CN(C)C)c(F)c1. The molecule has 2 aromatic rings. The fourth-order valence-corrected chi connectivity index (χ4v) is 2.41. The van der Waals surface area contributed by atoms with E-state index in [9.17, 15) is 4.39 Å². The Morgan fingerprint density at radius 3 is 2.78 bits per heavy atom. The zero-order valence-corrected chi connectivity index (χ0v) is 11.4. The number of methoxy groups -OCH3 is 1. The van der Waals surface area contributed by atoms with Crippen LogP contribution in [0.25, 0.3) is 11.1 Å². The molecule has 1 aromatic heterocycles. The molecule has 0 N–H and O–H groups in total. The fraction of sp³-hybridized carbons (Fsp3) is 0.308. The fourth-order valence-electron chi connectivity index (χ4n) is 1.75. The van der Waals surface area contributed by atoms with Gasteiger partial charge in [0.1, 0.15) is 5.82 Å². The standard InChI is InChI=1S/C13H15FN2OS/c1-16(2)7-10-5-4-9(6-12(10)14)11-8-18-15-13(11)17-3/h4-6,8H,7H2,1-3H3. The van der Waals surface area contributed by atoms with Crippen molar-refractivity contribution in [1.82, 2.24) is 9.27 Å². The zero-order chi connectivity index (χ0) is 13.1. The number of benzene rings is 1. The van der Waals surface area contributed by atoms with Gasteiger partial charge >= 0.3 is 0 Å². The molecule has 1 aromatic carbocycles. The summed E-state index contributed by atoms with van der Waals surface area (Å²) < 4.78 is 23.2. The molecule has 3 nitrogen and oxygen atoms in total. The third-order valence-electron chi connectivity index (χ3n) is 2.58. The average molecular weight is 266 g/mol. The van der Waals surface area contributed by atoms with Gasteiger partial charge in [-0.25, -0.2) is 4.39 Å². The normalized spacial score (nSPS) is 10.9. The summed E-state index contributed by atoms with van der Waals surface area (Å²) in [4.78, 5) is 1.94. The van der Waals surface area contributed by atoms with E-state index in [1.54, 1.807) is 7.11 Å². The van der Waals surface area contributed by atoms with Crippen molar-refractivity contribution in [3.63, 3.8) is 0 Å². The molecular formula is C13H15FN2OS. The second-order valence-corrected chi connectivity index (χ2v) is 4.91. The molecular weight excluding hydrogens is 251 g/mol. The largest absolute Gasteiger partial charge is 0.480 e. The van der Waals surface area contributed by atoms with Crippen LogP contribution in [0, 0.1) is 5.82 Å². The quantitative estimate of drug-likeness (QED) is 0.850. The van der Waals surface area contributed by atoms with E-state index < -0.39 is 0 Å². The number of halogens is 1. The van der Waals surface area contributed by atoms with Crippen molar-refractivity contribution in [3.05, 3.63) is 35.0 Å². The summed E-state index contributed by atoms with van der Waals surface area (Å²) in [5.74, 6) is 0.342. The molecule has 5 heteroatoms. The highest BCUT2D eigenvalue weighted by molar-refractivity contribution is 7.04. The van der Waals surface area contributed by atoms with E-state index in [1.807, 2.05) is 36.5 Å². The summed E-state index contributed by atoms with van der Waals surface area (Å²) in [6.07, 6.45) is 0. The molecule has 0 radical (unpaired) electrons. The monoisotopic (exact) mass is 266 g/mol. The van der Waals surface area contributed by atoms with E-state index in [2.05, 4.69) is 4.37 Å². The first-order chi connectivity index (χ1) is 8.61. The molecule has 0 aliphatic carbocycles. The lowest BCUT2D eigenvalue weighted by atomic mass is 10.1. The number of ether oxygens (including phenoxy) is 1. The first-order valence-corrected chi connectivity index (χ1v) is 6.37. The van der Waals surface area contributed by atoms with Crippen LogP contribution in [0.15, 0.2) is 23.6 Å². The average Bonchev–Trinajstić information content (AvgIpc) is 2.79. The van der Waals surface area contributed by atoms with E-state index >= 15 is 0 Å². The van der Waals surface area contributed by atoms with Crippen molar-refractivity contribution in [2.45, 2.75) is 6.54 Å². The van der Waals surface area contributed by atoms with Crippen LogP contribution in [-0.2, 0) is 6.54 Å². The molecule has 0 saturated carbocycles. The third kappa shape index (κ3) is 2.68. The van der Waals surface area contributed by atoms with Crippen molar-refractivity contribution in [3.8, 4) is 17.0 Å². The van der Waals surface area contributed by atoms with Crippen LogP contribution < -0.4 is 4.74 Å². The van der Waals surface area contributed by atoms with Gasteiger partial charge in [0.25, 0.3) is 0 Å². The smallest absolute Gasteiger partial charge is 0.232 e. The first kappa shape index (κ1) is 13.0. The molecule has 0 amide bonds. The minimum atomic E-state index is -0.200. The summed E-state index contributed by atoms with van der Waals surface area (Å²) >= 11 is 1.30. The lowest BCUT2D eigenvalue weighted by molar-refractivity contribution is 0.392. The summed E-state index contributed by atoms with van der Waals surface area (Å²) in [6, 6.07) is 5.24. The van der Waals surface area contributed by atoms with Crippen LogP contribution in [0.1, 0.15) is 5.56 Å². The van der Waals surface area contributed by atoms with Gasteiger partial charge in [0, 0.05) is 17.5 Å². The molecule has 0 bridgehead atoms. The Labute approximate surface area is 110 Å². The lowest BCUT2D eigenvalue weighted by Crippen LogP contribution is -2.11. The van der Waals surface area contributed by atoms with Crippen molar-refractivity contribution in [1.29, 1.82) is 0 Å². The molecule has 0 atom stereocenters. The molecule has 0 unspecified atom stereocenters. The highest BCUT2D eigenvalue weighted by Crippen LogP contribution is 2.31. The van der Waals surface area contributed by atoms with Gasteiger partial charge < -0.3 is 9.64 Å². The Bertz CT molecular complexity index is 540. The number of hydrogen-bond acceptors (Lipinski definition) is 4. The minimum Gasteiger partial charge on any atom is -0.480 e. The van der Waals surface area contributed by atoms with Crippen LogP contribution in [0.2, 0.25) is 0 Å². The van der Waals surface area contributed by atoms with Crippen LogP contribution in [0.5, 0.6) is 5.88 Å². The molecule has 96 valence electrons. The maximum Gasteiger partial charge on any atom is 0.232 e. The maximum atomic E-state index is 14.0. The Morgan fingerprint density at radius 1 is 1.39 bits per heavy atom. The number of aromatic nitrogens is 1. The van der Waals surface area contributed by atoms with Gasteiger partial charge in [0.15, 0.2) is 0 Å². The predicted molar refractivity (Wildman–Crippen MR) is 71.5 cm³/mol. The summed E-state index contributed by atoms with van der Waals surface area (Å²) in [7, 11) is 5.40. The molecule has 0 aliphatic rings. The number of rotatable bonds is 4. The molecule has 0 fully saturated rings. The predicted octanol–water partition coefficient (Wildman–Crippen LogP) is 3.02. The van der Waals surface area contributed by atoms with E-state index in [-0.39, 0.29) is 5.82 Å². The topological polar surface area (TPSA) is 25.4 Å². The zero-order valence-electron chi connectivity index (χ0n) is 10.6. The molecule has 0 aliphatic heterocycles. The number of nitrogens with zero attached hydrogens (tertiary/aromatic N) is 2. The second kappa shape index (κ2) is 5.46. The van der Waals surface area contributed by atoms with Gasteiger partial charge in [0.2, 0.25) is 5.88 Å². The number of hydrogen-bond donors (Lipinski definition) is 0. The molecule has 0 saturated heterocycles. The maximum absolute atomic E-state index is 14.0. The van der Waals surface area contributed by atoms with Crippen LogP contribution >= 0.6 is 11.5 Å². The van der Waals surface area contributed by atoms with Gasteiger partial charge in [-0.15, -0.1) is 0 Å². The molecule has 1 heterocycles. The van der Waals surface area contributed by atoms with Crippen molar-refractivity contribution < 1.29 is 9.13 Å². The minimum absolute atomic E-state index is 0.200. The Morgan fingerprint density at radius 2 is 2.17 bits per heavy atom. The van der Waals surface area contributed by atoms with Crippen LogP contribution in [0.4, 0.5) is 4.39 Å². The molecule has 18 heavy (non-hydrogen) atoms. The van der Waals surface area contributed by atoms with Crippen LogP contribution in [0.3, 0.4) is 0 Å². The van der Waals surface area contributed by atoms with Gasteiger partial charge in [-0.3, -0.25) is 0 Å². The highest BCUT2D eigenvalue weighted by Gasteiger charge is 2.11. The Kier molecular flexibility index (Phi) is 3.93. The summed E-state index contributed by atoms with van der Waals surface area (Å²) in [5, 5.41) is 1.86. The lowest BCUT2D eigenvalue weighted by Gasteiger charge is -2.11. The van der Waals surface area contributed by atoms with Crippen molar-refractivity contribution in [2.24, 2.45) is 0 Å². The Hall–Kier alpha value is -1.46. The van der Waals surface area contributed by atoms with Crippen molar-refractivity contribution >= 4 is 11.5 Å². The third-order valence-corrected chi connectivity index (χ3v) is 3.19. The Balaban J connectivity index is 2.34. The first-order valence-electron chi connectivity index (χ1n) is 5.53. The van der Waals surface area contributed by atoms with E-state index in [4.69, 9.17) is 4.74 Å². The summed E-state index contributed by atoms with van der Waals surface area (Å²) in [5.41, 5.74) is 2.31. The van der Waals surface area contributed by atoms with E-state index in [0.717, 1.165) is 11.1 Å². The summed E-state index contributed by atoms with van der Waals surface area (Å²) in [6.45, 7) is 0.588. The van der Waals surface area contributed by atoms with Crippen molar-refractivity contribution in [2.75, 3.05) is 21.2 Å². The van der Waals surface area contributed by atoms with Crippen LogP contribution in [-0.4, -0.2) is 30.5 Å². The molecule has 0 spiro atoms. The van der Waals surface area contributed by atoms with Gasteiger partial charge in [-0.05, 0) is 37.3 Å². The van der Waals surface area contributed by atoms with Gasteiger partial charge in [0.05, 0.1) is 12.7 Å². The molecule has 2 rings (SSSR count). The van der Waals surface area contributed by atoms with E-state index in [1.165, 1.54) is 17.6 Å².